The highest BCUT2D eigenvalue weighted by atomic mass is 19.1. The van der Waals surface area contributed by atoms with Crippen molar-refractivity contribution < 1.29 is 19.0 Å². The fraction of sp³-hybridized carbons (Fsp3) is 0.520. The molecular weight excluding hydrogens is 423 g/mol. The Morgan fingerprint density at radius 2 is 2.18 bits per heavy atom. The standard InChI is InChI=1S/C25H33FN4O3/c1-16-11-18(6-8-20(16)26)23(14-31)30-10-4-5-21(25(30)32)28-19-7-9-22(24(12-19)33-3)29-13-17(2)27-15-29/h6,8,12-13,15-16,21,23,28,31H,4-5,7,9-11,14H2,1-3H3. The van der Waals surface area contributed by atoms with Crippen molar-refractivity contribution in [3.63, 3.8) is 0 Å². The molecule has 1 fully saturated rings. The maximum Gasteiger partial charge on any atom is 0.245 e. The SMILES string of the molecule is COC1=C(n2cnc(C)c2)CCC(NC2CCCN(C(CO)C3=CC=C(F)C(C)C3)C2=O)=C1. The first kappa shape index (κ1) is 23.3. The maximum atomic E-state index is 13.8. The number of rotatable bonds is 7. The number of hydrogen-bond acceptors (Lipinski definition) is 5. The van der Waals surface area contributed by atoms with Gasteiger partial charge in [0, 0.05) is 30.4 Å². The third-order valence-corrected chi connectivity index (χ3v) is 6.74. The largest absolute Gasteiger partial charge is 0.495 e. The third kappa shape index (κ3) is 4.90. The molecule has 0 aromatic carbocycles. The average molecular weight is 457 g/mol. The zero-order chi connectivity index (χ0) is 23.5. The van der Waals surface area contributed by atoms with Gasteiger partial charge in [-0.2, -0.15) is 0 Å². The molecule has 1 saturated heterocycles. The second-order valence-electron chi connectivity index (χ2n) is 9.07. The van der Waals surface area contributed by atoms with E-state index in [2.05, 4.69) is 10.3 Å². The summed E-state index contributed by atoms with van der Waals surface area (Å²) in [5.74, 6) is 0.345. The summed E-state index contributed by atoms with van der Waals surface area (Å²) in [4.78, 5) is 19.4. The lowest BCUT2D eigenvalue weighted by atomic mass is 9.88. The van der Waals surface area contributed by atoms with Gasteiger partial charge in [0.1, 0.15) is 17.6 Å². The molecule has 2 N–H and O–H groups in total. The number of carbonyl (C=O) groups is 1. The lowest BCUT2D eigenvalue weighted by Gasteiger charge is -2.40. The summed E-state index contributed by atoms with van der Waals surface area (Å²) in [7, 11) is 1.65. The van der Waals surface area contributed by atoms with Crippen molar-refractivity contribution in [2.75, 3.05) is 20.3 Å². The van der Waals surface area contributed by atoms with Crippen LogP contribution in [0.25, 0.3) is 5.70 Å². The Labute approximate surface area is 194 Å². The minimum Gasteiger partial charge on any atom is -0.495 e. The van der Waals surface area contributed by atoms with Crippen LogP contribution in [0.3, 0.4) is 0 Å². The van der Waals surface area contributed by atoms with Crippen LogP contribution in [0.5, 0.6) is 0 Å². The molecular formula is C25H33FN4O3. The molecule has 3 unspecified atom stereocenters. The highest BCUT2D eigenvalue weighted by Crippen LogP contribution is 2.31. The van der Waals surface area contributed by atoms with E-state index in [0.717, 1.165) is 54.1 Å². The molecule has 0 radical (unpaired) electrons. The number of amides is 1. The van der Waals surface area contributed by atoms with Gasteiger partial charge >= 0.3 is 0 Å². The number of halogens is 1. The normalized spacial score (nSPS) is 24.8. The van der Waals surface area contributed by atoms with Crippen LogP contribution in [-0.2, 0) is 9.53 Å². The van der Waals surface area contributed by atoms with Gasteiger partial charge in [0.2, 0.25) is 5.91 Å². The van der Waals surface area contributed by atoms with Crippen LogP contribution in [0.2, 0.25) is 0 Å². The van der Waals surface area contributed by atoms with Gasteiger partial charge in [0.15, 0.2) is 0 Å². The topological polar surface area (TPSA) is 79.6 Å². The molecule has 0 saturated carbocycles. The van der Waals surface area contributed by atoms with E-state index in [1.165, 1.54) is 6.08 Å². The van der Waals surface area contributed by atoms with E-state index in [0.29, 0.717) is 13.0 Å². The number of imidazole rings is 1. The number of nitrogens with one attached hydrogen (secondary N) is 1. The van der Waals surface area contributed by atoms with Gasteiger partial charge in [-0.1, -0.05) is 13.0 Å². The number of piperidine rings is 1. The van der Waals surface area contributed by atoms with Crippen molar-refractivity contribution >= 4 is 11.6 Å². The van der Waals surface area contributed by atoms with Gasteiger partial charge in [-0.05, 0) is 50.7 Å². The number of aryl methyl sites for hydroxylation is 1. The van der Waals surface area contributed by atoms with Crippen molar-refractivity contribution in [3.05, 3.63) is 59.3 Å². The zero-order valence-electron chi connectivity index (χ0n) is 19.6. The smallest absolute Gasteiger partial charge is 0.245 e. The lowest BCUT2D eigenvalue weighted by Crippen LogP contribution is -2.55. The Balaban J connectivity index is 1.49. The predicted octanol–water partition coefficient (Wildman–Crippen LogP) is 3.45. The van der Waals surface area contributed by atoms with E-state index in [4.69, 9.17) is 4.74 Å². The van der Waals surface area contributed by atoms with E-state index in [1.807, 2.05) is 30.7 Å². The summed E-state index contributed by atoms with van der Waals surface area (Å²) in [5.41, 5.74) is 3.85. The molecule has 2 heterocycles. The van der Waals surface area contributed by atoms with E-state index in [9.17, 15) is 14.3 Å². The molecule has 1 amide bonds. The summed E-state index contributed by atoms with van der Waals surface area (Å²) in [6, 6.07) is -0.775. The Hall–Kier alpha value is -2.87. The molecule has 7 nitrogen and oxygen atoms in total. The number of aliphatic hydroxyl groups excluding tert-OH is 1. The Kier molecular flexibility index (Phi) is 7.02. The molecule has 0 spiro atoms. The van der Waals surface area contributed by atoms with Gasteiger partial charge in [0.05, 0.1) is 37.5 Å². The molecule has 3 atom stereocenters. The van der Waals surface area contributed by atoms with Gasteiger partial charge in [-0.3, -0.25) is 4.79 Å². The number of hydrogen-bond donors (Lipinski definition) is 2. The summed E-state index contributed by atoms with van der Waals surface area (Å²) in [5, 5.41) is 13.5. The van der Waals surface area contributed by atoms with Gasteiger partial charge in [-0.15, -0.1) is 0 Å². The maximum absolute atomic E-state index is 13.8. The minimum atomic E-state index is -0.417. The first-order valence-electron chi connectivity index (χ1n) is 11.6. The molecule has 1 aromatic heterocycles. The monoisotopic (exact) mass is 456 g/mol. The Bertz CT molecular complexity index is 1020. The van der Waals surface area contributed by atoms with Crippen LogP contribution in [0.1, 0.15) is 44.7 Å². The number of methoxy groups -OCH3 is 1. The highest BCUT2D eigenvalue weighted by Gasteiger charge is 2.36. The van der Waals surface area contributed by atoms with Gasteiger partial charge in [-0.25, -0.2) is 9.37 Å². The van der Waals surface area contributed by atoms with E-state index in [-0.39, 0.29) is 30.3 Å². The molecule has 33 heavy (non-hydrogen) atoms. The molecule has 8 heteroatoms. The van der Waals surface area contributed by atoms with Gasteiger partial charge < -0.3 is 24.6 Å². The second kappa shape index (κ2) is 9.95. The number of allylic oxidation sites excluding steroid dienone is 6. The summed E-state index contributed by atoms with van der Waals surface area (Å²) in [6.07, 6.45) is 12.5. The summed E-state index contributed by atoms with van der Waals surface area (Å²) >= 11 is 0. The second-order valence-corrected chi connectivity index (χ2v) is 9.07. The number of aliphatic hydroxyl groups is 1. The molecule has 1 aromatic rings. The predicted molar refractivity (Wildman–Crippen MR) is 124 cm³/mol. The first-order valence-corrected chi connectivity index (χ1v) is 11.6. The zero-order valence-corrected chi connectivity index (χ0v) is 19.6. The van der Waals surface area contributed by atoms with Crippen LogP contribution in [0, 0.1) is 12.8 Å². The van der Waals surface area contributed by atoms with E-state index in [1.54, 1.807) is 24.4 Å². The highest BCUT2D eigenvalue weighted by molar-refractivity contribution is 5.83. The Morgan fingerprint density at radius 1 is 1.36 bits per heavy atom. The van der Waals surface area contributed by atoms with Crippen LogP contribution >= 0.6 is 0 Å². The summed E-state index contributed by atoms with van der Waals surface area (Å²) < 4.78 is 21.4. The van der Waals surface area contributed by atoms with Crippen LogP contribution < -0.4 is 5.32 Å². The Morgan fingerprint density at radius 3 is 2.85 bits per heavy atom. The van der Waals surface area contributed by atoms with Crippen molar-refractivity contribution in [1.29, 1.82) is 0 Å². The number of ether oxygens (including phenoxy) is 1. The number of aromatic nitrogens is 2. The molecule has 1 aliphatic heterocycles. The van der Waals surface area contributed by atoms with Crippen LogP contribution in [-0.4, -0.2) is 57.8 Å². The van der Waals surface area contributed by atoms with Crippen molar-refractivity contribution in [2.45, 2.75) is 58.0 Å². The molecule has 0 bridgehead atoms. The molecule has 3 aliphatic rings. The average Bonchev–Trinajstić information content (AvgIpc) is 3.25. The fourth-order valence-corrected chi connectivity index (χ4v) is 4.91. The third-order valence-electron chi connectivity index (χ3n) is 6.74. The number of carbonyl (C=O) groups excluding carboxylic acids is 1. The van der Waals surface area contributed by atoms with E-state index >= 15 is 0 Å². The lowest BCUT2D eigenvalue weighted by molar-refractivity contribution is -0.138. The molecule has 2 aliphatic carbocycles. The van der Waals surface area contributed by atoms with Gasteiger partial charge in [0.25, 0.3) is 0 Å². The molecule has 178 valence electrons. The number of likely N-dealkylation sites (tertiary alicyclic amines) is 1. The van der Waals surface area contributed by atoms with Crippen molar-refractivity contribution in [1.82, 2.24) is 19.8 Å². The fourth-order valence-electron chi connectivity index (χ4n) is 4.91. The van der Waals surface area contributed by atoms with Crippen molar-refractivity contribution in [3.8, 4) is 0 Å². The van der Waals surface area contributed by atoms with Crippen LogP contribution in [0.15, 0.2) is 53.6 Å². The first-order chi connectivity index (χ1) is 15.9. The number of nitrogens with zero attached hydrogens (tertiary/aromatic N) is 3. The molecule has 4 rings (SSSR count). The van der Waals surface area contributed by atoms with Crippen molar-refractivity contribution in [2.24, 2.45) is 5.92 Å². The summed E-state index contributed by atoms with van der Waals surface area (Å²) in [6.45, 7) is 4.20. The van der Waals surface area contributed by atoms with Crippen LogP contribution in [0.4, 0.5) is 4.39 Å². The quantitative estimate of drug-likeness (QED) is 0.657. The van der Waals surface area contributed by atoms with E-state index < -0.39 is 6.04 Å². The minimum absolute atomic E-state index is 0.0243.